The molecule has 3 heteroatoms. The smallest absolute Gasteiger partial charge is 0.165 e. The van der Waals surface area contributed by atoms with E-state index in [4.69, 9.17) is 17.0 Å². The lowest BCUT2D eigenvalue weighted by molar-refractivity contribution is 0.405. The lowest BCUT2D eigenvalue weighted by Gasteiger charge is -2.03. The van der Waals surface area contributed by atoms with Gasteiger partial charge in [-0.15, -0.1) is 0 Å². The average molecular weight is 217 g/mol. The summed E-state index contributed by atoms with van der Waals surface area (Å²) in [4.78, 5) is 4.50. The van der Waals surface area contributed by atoms with Gasteiger partial charge in [-0.25, -0.2) is 0 Å². The van der Waals surface area contributed by atoms with E-state index in [2.05, 4.69) is 11.1 Å². The van der Waals surface area contributed by atoms with Crippen LogP contribution < -0.4 is 0 Å². The summed E-state index contributed by atoms with van der Waals surface area (Å²) >= 11 is 5.00. The first-order chi connectivity index (χ1) is 7.29. The third kappa shape index (κ3) is 2.30. The highest BCUT2D eigenvalue weighted by atomic mass is 32.1. The van der Waals surface area contributed by atoms with Gasteiger partial charge in [0, 0.05) is 11.1 Å². The Morgan fingerprint density at radius 1 is 1.27 bits per heavy atom. The van der Waals surface area contributed by atoms with Crippen LogP contribution in [0.25, 0.3) is 10.9 Å². The number of thiocarbonyl (C=S) groups is 1. The molecule has 0 unspecified atom stereocenters. The van der Waals surface area contributed by atoms with Crippen LogP contribution >= 0.6 is 12.2 Å². The molecule has 2 rings (SSSR count). The third-order valence-electron chi connectivity index (χ3n) is 2.21. The van der Waals surface area contributed by atoms with Gasteiger partial charge in [0.05, 0.1) is 19.0 Å². The zero-order valence-electron chi connectivity index (χ0n) is 8.43. The van der Waals surface area contributed by atoms with Gasteiger partial charge in [0.25, 0.3) is 0 Å². The minimum Gasteiger partial charge on any atom is -0.490 e. The molecule has 2 aromatic rings. The summed E-state index contributed by atoms with van der Waals surface area (Å²) in [5.41, 5.74) is 1.94. The Labute approximate surface area is 93.9 Å². The second kappa shape index (κ2) is 4.36. The number of ether oxygens (including phenoxy) is 1. The predicted molar refractivity (Wildman–Crippen MR) is 65.1 cm³/mol. The average Bonchev–Trinajstić information content (AvgIpc) is 2.29. The maximum absolute atomic E-state index is 5.00. The largest absolute Gasteiger partial charge is 0.490 e. The van der Waals surface area contributed by atoms with E-state index in [1.807, 2.05) is 30.3 Å². The van der Waals surface area contributed by atoms with Crippen LogP contribution in [0.2, 0.25) is 0 Å². The minimum atomic E-state index is 0.567. The van der Waals surface area contributed by atoms with Crippen molar-refractivity contribution in [3.05, 3.63) is 42.1 Å². The second-order valence-electron chi connectivity index (χ2n) is 3.25. The summed E-state index contributed by atoms with van der Waals surface area (Å²) in [7, 11) is 1.59. The molecule has 1 aromatic carbocycles. The first kappa shape index (κ1) is 10.1. The molecular weight excluding hydrogens is 206 g/mol. The van der Waals surface area contributed by atoms with Crippen molar-refractivity contribution in [3.8, 4) is 0 Å². The van der Waals surface area contributed by atoms with Crippen LogP contribution in [0.4, 0.5) is 0 Å². The van der Waals surface area contributed by atoms with E-state index in [-0.39, 0.29) is 0 Å². The van der Waals surface area contributed by atoms with E-state index < -0.39 is 0 Å². The Balaban J connectivity index is 2.34. The molecule has 0 saturated heterocycles. The normalized spacial score (nSPS) is 10.2. The Kier molecular flexibility index (Phi) is 2.92. The van der Waals surface area contributed by atoms with Crippen LogP contribution in [0.5, 0.6) is 0 Å². The summed E-state index contributed by atoms with van der Waals surface area (Å²) in [5.74, 6) is 0. The number of methoxy groups -OCH3 is 1. The fraction of sp³-hybridized carbons (Fsp3) is 0.167. The van der Waals surface area contributed by atoms with Crippen LogP contribution in [0.15, 0.2) is 36.4 Å². The molecule has 0 aliphatic carbocycles. The highest BCUT2D eigenvalue weighted by Gasteiger charge is 2.01. The lowest BCUT2D eigenvalue weighted by atomic mass is 10.2. The van der Waals surface area contributed by atoms with Crippen molar-refractivity contribution >= 4 is 28.2 Å². The van der Waals surface area contributed by atoms with E-state index in [1.54, 1.807) is 7.11 Å². The van der Waals surface area contributed by atoms with Crippen LogP contribution in [0.1, 0.15) is 5.69 Å². The molecule has 0 aliphatic heterocycles. The van der Waals surface area contributed by atoms with Crippen LogP contribution in [-0.2, 0) is 11.2 Å². The SMILES string of the molecule is COC(=S)Cc1ccc2ccccc2n1. The fourth-order valence-corrected chi connectivity index (χ4v) is 1.57. The molecule has 2 nitrogen and oxygen atoms in total. The number of pyridine rings is 1. The topological polar surface area (TPSA) is 22.1 Å². The van der Waals surface area contributed by atoms with Gasteiger partial charge in [-0.3, -0.25) is 4.98 Å². The highest BCUT2D eigenvalue weighted by Crippen LogP contribution is 2.12. The van der Waals surface area contributed by atoms with Crippen molar-refractivity contribution in [1.29, 1.82) is 0 Å². The quantitative estimate of drug-likeness (QED) is 0.722. The molecule has 0 N–H and O–H groups in total. The van der Waals surface area contributed by atoms with Crippen molar-refractivity contribution in [1.82, 2.24) is 4.98 Å². The Morgan fingerprint density at radius 3 is 2.87 bits per heavy atom. The van der Waals surface area contributed by atoms with Crippen molar-refractivity contribution in [3.63, 3.8) is 0 Å². The number of aromatic nitrogens is 1. The molecule has 15 heavy (non-hydrogen) atoms. The monoisotopic (exact) mass is 217 g/mol. The maximum Gasteiger partial charge on any atom is 0.165 e. The van der Waals surface area contributed by atoms with Crippen LogP contribution in [0.3, 0.4) is 0 Å². The molecule has 0 fully saturated rings. The van der Waals surface area contributed by atoms with Gasteiger partial charge in [0.2, 0.25) is 0 Å². The van der Waals surface area contributed by atoms with Gasteiger partial charge in [-0.05, 0) is 24.4 Å². The minimum absolute atomic E-state index is 0.567. The number of fused-ring (bicyclic) bond motifs is 1. The summed E-state index contributed by atoms with van der Waals surface area (Å²) in [6.07, 6.45) is 0.594. The van der Waals surface area contributed by atoms with Gasteiger partial charge >= 0.3 is 0 Å². The van der Waals surface area contributed by atoms with E-state index >= 15 is 0 Å². The Hall–Kier alpha value is -1.48. The van der Waals surface area contributed by atoms with Crippen molar-refractivity contribution < 1.29 is 4.74 Å². The summed E-state index contributed by atoms with van der Waals surface area (Å²) in [5, 5.41) is 1.71. The first-order valence-corrected chi connectivity index (χ1v) is 5.12. The number of para-hydroxylation sites is 1. The standard InChI is InChI=1S/C12H11NOS/c1-14-12(15)8-10-7-6-9-4-2-3-5-11(9)13-10/h2-7H,8H2,1H3. The van der Waals surface area contributed by atoms with E-state index in [9.17, 15) is 0 Å². The van der Waals surface area contributed by atoms with E-state index in [0.29, 0.717) is 11.5 Å². The molecule has 0 atom stereocenters. The van der Waals surface area contributed by atoms with Crippen molar-refractivity contribution in [2.75, 3.05) is 7.11 Å². The van der Waals surface area contributed by atoms with Crippen molar-refractivity contribution in [2.45, 2.75) is 6.42 Å². The van der Waals surface area contributed by atoms with E-state index in [0.717, 1.165) is 16.6 Å². The van der Waals surface area contributed by atoms with Crippen LogP contribution in [0, 0.1) is 0 Å². The van der Waals surface area contributed by atoms with Gasteiger partial charge in [0.1, 0.15) is 0 Å². The van der Waals surface area contributed by atoms with Crippen LogP contribution in [-0.4, -0.2) is 17.1 Å². The molecular formula is C12H11NOS. The van der Waals surface area contributed by atoms with Gasteiger partial charge < -0.3 is 4.74 Å². The number of nitrogens with zero attached hydrogens (tertiary/aromatic N) is 1. The number of hydrogen-bond acceptors (Lipinski definition) is 3. The molecule has 1 heterocycles. The summed E-state index contributed by atoms with van der Waals surface area (Å²) in [6.45, 7) is 0. The number of rotatable bonds is 2. The zero-order chi connectivity index (χ0) is 10.7. The molecule has 0 amide bonds. The first-order valence-electron chi connectivity index (χ1n) is 4.71. The number of hydrogen-bond donors (Lipinski definition) is 0. The fourth-order valence-electron chi connectivity index (χ4n) is 1.43. The van der Waals surface area contributed by atoms with E-state index in [1.165, 1.54) is 0 Å². The Morgan fingerprint density at radius 2 is 2.07 bits per heavy atom. The predicted octanol–water partition coefficient (Wildman–Crippen LogP) is 2.75. The summed E-state index contributed by atoms with van der Waals surface area (Å²) in [6, 6.07) is 12.1. The zero-order valence-corrected chi connectivity index (χ0v) is 9.25. The molecule has 1 aromatic heterocycles. The second-order valence-corrected chi connectivity index (χ2v) is 3.70. The number of benzene rings is 1. The molecule has 0 bridgehead atoms. The Bertz CT molecular complexity index is 496. The molecule has 0 radical (unpaired) electrons. The van der Waals surface area contributed by atoms with Gasteiger partial charge in [0.15, 0.2) is 5.05 Å². The molecule has 0 aliphatic rings. The molecule has 0 saturated carbocycles. The maximum atomic E-state index is 5.00. The third-order valence-corrected chi connectivity index (χ3v) is 2.52. The highest BCUT2D eigenvalue weighted by molar-refractivity contribution is 7.80. The molecule has 76 valence electrons. The van der Waals surface area contributed by atoms with Crippen molar-refractivity contribution in [2.24, 2.45) is 0 Å². The van der Waals surface area contributed by atoms with Gasteiger partial charge in [-0.2, -0.15) is 0 Å². The lowest BCUT2D eigenvalue weighted by Crippen LogP contribution is -2.03. The molecule has 0 spiro atoms. The van der Waals surface area contributed by atoms with Gasteiger partial charge in [-0.1, -0.05) is 24.3 Å². The summed E-state index contributed by atoms with van der Waals surface area (Å²) < 4.78 is 4.96.